The van der Waals surface area contributed by atoms with Gasteiger partial charge in [0.2, 0.25) is 0 Å². The number of nitrogens with one attached hydrogen (secondary N) is 1. The first-order chi connectivity index (χ1) is 15.0. The van der Waals surface area contributed by atoms with E-state index >= 15 is 0 Å². The molecule has 0 aliphatic heterocycles. The van der Waals surface area contributed by atoms with E-state index in [2.05, 4.69) is 15.3 Å². The van der Waals surface area contributed by atoms with E-state index < -0.39 is 0 Å². The van der Waals surface area contributed by atoms with Crippen LogP contribution in [0.25, 0.3) is 5.69 Å². The van der Waals surface area contributed by atoms with Crippen LogP contribution in [0.5, 0.6) is 11.5 Å². The third-order valence-corrected chi connectivity index (χ3v) is 5.00. The van der Waals surface area contributed by atoms with Gasteiger partial charge in [-0.3, -0.25) is 9.89 Å². The van der Waals surface area contributed by atoms with Crippen molar-refractivity contribution in [2.45, 2.75) is 19.8 Å². The largest absolute Gasteiger partial charge is 0.508 e. The van der Waals surface area contributed by atoms with Gasteiger partial charge in [-0.1, -0.05) is 30.3 Å². The van der Waals surface area contributed by atoms with Crippen molar-refractivity contribution in [2.75, 3.05) is 0 Å². The maximum absolute atomic E-state index is 12.7. The molecule has 3 N–H and O–H groups in total. The topological polar surface area (TPSA) is 103 Å². The highest BCUT2D eigenvalue weighted by molar-refractivity contribution is 5.45. The summed E-state index contributed by atoms with van der Waals surface area (Å²) < 4.78 is 1.45. The predicted molar refractivity (Wildman–Crippen MR) is 119 cm³/mol. The van der Waals surface area contributed by atoms with Crippen molar-refractivity contribution < 1.29 is 10.2 Å². The Morgan fingerprint density at radius 3 is 2.39 bits per heavy atom. The molecule has 4 aromatic rings. The molecule has 7 heteroatoms. The first kappa shape index (κ1) is 20.2. The molecular weight excluding hydrogens is 392 g/mol. The number of aromatic nitrogens is 2. The Labute approximate surface area is 179 Å². The number of benzene rings is 3. The molecule has 0 unspecified atom stereocenters. The molecule has 31 heavy (non-hydrogen) atoms. The Bertz CT molecular complexity index is 1270. The number of phenolic OH excluding ortho intramolecular Hbond substituents is 2. The minimum absolute atomic E-state index is 0.134. The molecule has 0 fully saturated rings. The molecule has 3 aromatic carbocycles. The van der Waals surface area contributed by atoms with Gasteiger partial charge in [0.05, 0.1) is 17.1 Å². The van der Waals surface area contributed by atoms with Gasteiger partial charge in [-0.15, -0.1) is 5.11 Å². The van der Waals surface area contributed by atoms with Crippen LogP contribution < -0.4 is 5.56 Å². The minimum atomic E-state index is -0.255. The standard InChI is InChI=1S/C24H22N4O3/c1-16-23(24(31)28(27-16)20-5-3-2-4-6-20)26-25-19-11-8-17(9-12-19)7-10-18-15-21(29)13-14-22(18)30/h2-6,8-9,11-15,27,29-30H,7,10H2,1H3. The van der Waals surface area contributed by atoms with Crippen molar-refractivity contribution in [3.05, 3.63) is 100.0 Å². The average molecular weight is 414 g/mol. The van der Waals surface area contributed by atoms with E-state index in [0.29, 0.717) is 29.8 Å². The Balaban J connectivity index is 1.46. The molecule has 4 rings (SSSR count). The molecular formula is C24H22N4O3. The van der Waals surface area contributed by atoms with Crippen molar-refractivity contribution in [2.24, 2.45) is 10.2 Å². The number of hydrogen-bond acceptors (Lipinski definition) is 5. The number of aromatic amines is 1. The Kier molecular flexibility index (Phi) is 5.66. The van der Waals surface area contributed by atoms with Crippen LogP contribution in [-0.4, -0.2) is 20.0 Å². The number of rotatable bonds is 6. The second kappa shape index (κ2) is 8.71. The fourth-order valence-corrected chi connectivity index (χ4v) is 3.30. The highest BCUT2D eigenvalue weighted by Crippen LogP contribution is 2.24. The van der Waals surface area contributed by atoms with Gasteiger partial charge in [-0.25, -0.2) is 4.68 Å². The van der Waals surface area contributed by atoms with Crippen LogP contribution in [0.1, 0.15) is 16.8 Å². The zero-order valence-corrected chi connectivity index (χ0v) is 17.0. The van der Waals surface area contributed by atoms with E-state index in [4.69, 9.17) is 0 Å². The summed E-state index contributed by atoms with van der Waals surface area (Å²) in [5.74, 6) is 0.307. The lowest BCUT2D eigenvalue weighted by atomic mass is 10.0. The first-order valence-electron chi connectivity index (χ1n) is 9.90. The molecule has 0 saturated carbocycles. The molecule has 7 nitrogen and oxygen atoms in total. The van der Waals surface area contributed by atoms with Crippen LogP contribution >= 0.6 is 0 Å². The summed E-state index contributed by atoms with van der Waals surface area (Å²) in [5.41, 5.74) is 3.78. The predicted octanol–water partition coefficient (Wildman–Crippen LogP) is 5.09. The molecule has 1 aromatic heterocycles. The van der Waals surface area contributed by atoms with E-state index in [1.807, 2.05) is 54.6 Å². The van der Waals surface area contributed by atoms with Gasteiger partial charge in [0.25, 0.3) is 5.56 Å². The lowest BCUT2D eigenvalue weighted by molar-refractivity contribution is 0.454. The SMILES string of the molecule is Cc1[nH]n(-c2ccccc2)c(=O)c1N=Nc1ccc(CCc2cc(O)ccc2O)cc1. The summed E-state index contributed by atoms with van der Waals surface area (Å²) in [7, 11) is 0. The summed E-state index contributed by atoms with van der Waals surface area (Å²) in [6.45, 7) is 1.79. The normalized spacial score (nSPS) is 11.3. The molecule has 0 saturated heterocycles. The molecule has 0 bridgehead atoms. The first-order valence-corrected chi connectivity index (χ1v) is 9.90. The van der Waals surface area contributed by atoms with Crippen LogP contribution in [0.4, 0.5) is 11.4 Å². The van der Waals surface area contributed by atoms with Gasteiger partial charge in [-0.2, -0.15) is 5.11 Å². The second-order valence-electron chi connectivity index (χ2n) is 7.24. The van der Waals surface area contributed by atoms with E-state index in [9.17, 15) is 15.0 Å². The van der Waals surface area contributed by atoms with Gasteiger partial charge in [0, 0.05) is 0 Å². The number of nitrogens with zero attached hydrogens (tertiary/aromatic N) is 3. The van der Waals surface area contributed by atoms with Crippen LogP contribution in [0.15, 0.2) is 87.8 Å². The summed E-state index contributed by atoms with van der Waals surface area (Å²) in [4.78, 5) is 12.7. The quantitative estimate of drug-likeness (QED) is 0.302. The van der Waals surface area contributed by atoms with Gasteiger partial charge < -0.3 is 10.2 Å². The summed E-state index contributed by atoms with van der Waals surface area (Å²) in [6, 6.07) is 21.3. The molecule has 0 atom stereocenters. The van der Waals surface area contributed by atoms with E-state index in [-0.39, 0.29) is 22.7 Å². The zero-order valence-electron chi connectivity index (χ0n) is 17.0. The van der Waals surface area contributed by atoms with Crippen LogP contribution in [0.2, 0.25) is 0 Å². The van der Waals surface area contributed by atoms with Crippen LogP contribution in [-0.2, 0) is 12.8 Å². The summed E-state index contributed by atoms with van der Waals surface area (Å²) in [5, 5.41) is 30.9. The maximum atomic E-state index is 12.7. The molecule has 1 heterocycles. The third kappa shape index (κ3) is 4.56. The Morgan fingerprint density at radius 2 is 1.65 bits per heavy atom. The second-order valence-corrected chi connectivity index (χ2v) is 7.24. The maximum Gasteiger partial charge on any atom is 0.299 e. The molecule has 0 spiro atoms. The van der Waals surface area contributed by atoms with Crippen molar-refractivity contribution in [3.63, 3.8) is 0 Å². The van der Waals surface area contributed by atoms with Crippen LogP contribution in [0.3, 0.4) is 0 Å². The van der Waals surface area contributed by atoms with E-state index in [1.165, 1.54) is 16.8 Å². The van der Waals surface area contributed by atoms with Crippen LogP contribution in [0, 0.1) is 6.92 Å². The molecule has 0 radical (unpaired) electrons. The van der Waals surface area contributed by atoms with Crippen molar-refractivity contribution in [1.82, 2.24) is 9.78 Å². The number of azo groups is 1. The fourth-order valence-electron chi connectivity index (χ4n) is 3.30. The number of para-hydroxylation sites is 1. The number of phenols is 2. The number of aryl methyl sites for hydroxylation is 3. The van der Waals surface area contributed by atoms with E-state index in [1.54, 1.807) is 13.0 Å². The fraction of sp³-hybridized carbons (Fsp3) is 0.125. The molecule has 0 amide bonds. The van der Waals surface area contributed by atoms with Gasteiger partial charge >= 0.3 is 0 Å². The lowest BCUT2D eigenvalue weighted by Gasteiger charge is -2.05. The van der Waals surface area contributed by atoms with Gasteiger partial charge in [-0.05, 0) is 73.4 Å². The third-order valence-electron chi connectivity index (χ3n) is 5.00. The van der Waals surface area contributed by atoms with Crippen molar-refractivity contribution >= 4 is 11.4 Å². The van der Waals surface area contributed by atoms with Gasteiger partial charge in [0.1, 0.15) is 11.5 Å². The summed E-state index contributed by atoms with van der Waals surface area (Å²) in [6.07, 6.45) is 1.30. The minimum Gasteiger partial charge on any atom is -0.508 e. The number of H-pyrrole nitrogens is 1. The number of aromatic hydroxyl groups is 2. The molecule has 0 aliphatic rings. The van der Waals surface area contributed by atoms with Gasteiger partial charge in [0.15, 0.2) is 5.69 Å². The highest BCUT2D eigenvalue weighted by atomic mass is 16.3. The molecule has 156 valence electrons. The highest BCUT2D eigenvalue weighted by Gasteiger charge is 2.11. The number of hydrogen-bond donors (Lipinski definition) is 3. The monoisotopic (exact) mass is 414 g/mol. The lowest BCUT2D eigenvalue weighted by Crippen LogP contribution is -2.13. The van der Waals surface area contributed by atoms with E-state index in [0.717, 1.165) is 11.3 Å². The average Bonchev–Trinajstić information content (AvgIpc) is 3.07. The molecule has 0 aliphatic carbocycles. The Hall–Kier alpha value is -4.13. The summed E-state index contributed by atoms with van der Waals surface area (Å²) >= 11 is 0. The smallest absolute Gasteiger partial charge is 0.299 e. The Morgan fingerprint density at radius 1 is 0.903 bits per heavy atom. The zero-order chi connectivity index (χ0) is 21.8. The van der Waals surface area contributed by atoms with Crippen molar-refractivity contribution in [3.8, 4) is 17.2 Å². The van der Waals surface area contributed by atoms with Crippen molar-refractivity contribution in [1.29, 1.82) is 0 Å².